The van der Waals surface area contributed by atoms with Crippen molar-refractivity contribution in [2.75, 3.05) is 6.26 Å². The van der Waals surface area contributed by atoms with Gasteiger partial charge in [0, 0.05) is 22.2 Å². The second-order valence-corrected chi connectivity index (χ2v) is 8.48. The van der Waals surface area contributed by atoms with Crippen molar-refractivity contribution in [3.8, 4) is 17.0 Å². The van der Waals surface area contributed by atoms with E-state index in [2.05, 4.69) is 4.98 Å². The number of sulfone groups is 1. The van der Waals surface area contributed by atoms with Crippen LogP contribution in [-0.2, 0) is 15.6 Å². The fourth-order valence-corrected chi connectivity index (χ4v) is 3.64. The highest BCUT2D eigenvalue weighted by Gasteiger charge is 2.11. The van der Waals surface area contributed by atoms with Crippen LogP contribution in [0.15, 0.2) is 42.5 Å². The van der Waals surface area contributed by atoms with Crippen LogP contribution < -0.4 is 0 Å². The average Bonchev–Trinajstić information content (AvgIpc) is 2.48. The second kappa shape index (κ2) is 6.07. The van der Waals surface area contributed by atoms with E-state index in [0.29, 0.717) is 16.3 Å². The molecule has 0 atom stereocenters. The number of nitrogens with zero attached hydrogens (tertiary/aromatic N) is 1. The molecule has 3 aromatic rings. The SMILES string of the molecule is Cc1cc(-c2cc(Cl)ccc2O)nc2ccc(CS(C)(=O)=O)cc12. The maximum Gasteiger partial charge on any atom is 0.151 e. The summed E-state index contributed by atoms with van der Waals surface area (Å²) in [5.41, 5.74) is 3.60. The first-order chi connectivity index (χ1) is 11.2. The molecule has 0 saturated heterocycles. The number of hydrogen-bond donors (Lipinski definition) is 1. The lowest BCUT2D eigenvalue weighted by Gasteiger charge is -2.10. The van der Waals surface area contributed by atoms with Gasteiger partial charge in [-0.3, -0.25) is 0 Å². The molecule has 0 radical (unpaired) electrons. The Morgan fingerprint density at radius 3 is 2.58 bits per heavy atom. The van der Waals surface area contributed by atoms with Crippen LogP contribution >= 0.6 is 11.6 Å². The number of hydrogen-bond acceptors (Lipinski definition) is 4. The lowest BCUT2D eigenvalue weighted by molar-refractivity contribution is 0.477. The lowest BCUT2D eigenvalue weighted by atomic mass is 10.0. The largest absolute Gasteiger partial charge is 0.507 e. The molecule has 0 unspecified atom stereocenters. The first kappa shape index (κ1) is 16.7. The summed E-state index contributed by atoms with van der Waals surface area (Å²) >= 11 is 6.01. The topological polar surface area (TPSA) is 67.3 Å². The van der Waals surface area contributed by atoms with Crippen LogP contribution in [0.25, 0.3) is 22.2 Å². The zero-order valence-corrected chi connectivity index (χ0v) is 14.8. The summed E-state index contributed by atoms with van der Waals surface area (Å²) < 4.78 is 22.9. The number of rotatable bonds is 3. The molecule has 1 heterocycles. The maximum atomic E-state index is 11.5. The van der Waals surface area contributed by atoms with E-state index >= 15 is 0 Å². The van der Waals surface area contributed by atoms with Gasteiger partial charge in [-0.2, -0.15) is 0 Å². The van der Waals surface area contributed by atoms with Crippen LogP contribution in [0.1, 0.15) is 11.1 Å². The minimum atomic E-state index is -3.09. The smallest absolute Gasteiger partial charge is 0.151 e. The number of halogens is 1. The highest BCUT2D eigenvalue weighted by Crippen LogP contribution is 2.33. The van der Waals surface area contributed by atoms with Gasteiger partial charge in [0.05, 0.1) is 17.0 Å². The van der Waals surface area contributed by atoms with Gasteiger partial charge in [-0.05, 0) is 54.4 Å². The van der Waals surface area contributed by atoms with E-state index in [9.17, 15) is 13.5 Å². The fraction of sp³-hybridized carbons (Fsp3) is 0.167. The van der Waals surface area contributed by atoms with E-state index in [1.807, 2.05) is 19.1 Å². The number of fused-ring (bicyclic) bond motifs is 1. The summed E-state index contributed by atoms with van der Waals surface area (Å²) in [6, 6.07) is 12.1. The van der Waals surface area contributed by atoms with Crippen molar-refractivity contribution < 1.29 is 13.5 Å². The van der Waals surface area contributed by atoms with Crippen molar-refractivity contribution in [2.45, 2.75) is 12.7 Å². The van der Waals surface area contributed by atoms with Gasteiger partial charge in [-0.25, -0.2) is 13.4 Å². The third-order valence-corrected chi connectivity index (χ3v) is 4.84. The van der Waals surface area contributed by atoms with Gasteiger partial charge >= 0.3 is 0 Å². The summed E-state index contributed by atoms with van der Waals surface area (Å²) in [5.74, 6) is 0.110. The standard InChI is InChI=1S/C18H16ClNO3S/c1-11-7-17(15-9-13(19)4-6-18(15)21)20-16-5-3-12(8-14(11)16)10-24(2,22)23/h3-9,21H,10H2,1-2H3. The van der Waals surface area contributed by atoms with Gasteiger partial charge in [-0.1, -0.05) is 17.7 Å². The van der Waals surface area contributed by atoms with Crippen molar-refractivity contribution in [3.63, 3.8) is 0 Å². The van der Waals surface area contributed by atoms with Gasteiger partial charge in [0.25, 0.3) is 0 Å². The first-order valence-corrected chi connectivity index (χ1v) is 9.74. The zero-order chi connectivity index (χ0) is 17.5. The minimum Gasteiger partial charge on any atom is -0.507 e. The summed E-state index contributed by atoms with van der Waals surface area (Å²) in [4.78, 5) is 4.58. The molecule has 0 fully saturated rings. The molecular formula is C18H16ClNO3S. The molecular weight excluding hydrogens is 346 g/mol. The summed E-state index contributed by atoms with van der Waals surface area (Å²) in [5, 5.41) is 11.5. The van der Waals surface area contributed by atoms with Crippen LogP contribution in [0, 0.1) is 6.92 Å². The van der Waals surface area contributed by atoms with Crippen LogP contribution in [0.5, 0.6) is 5.75 Å². The fourth-order valence-electron chi connectivity index (χ4n) is 2.69. The van der Waals surface area contributed by atoms with Gasteiger partial charge in [-0.15, -0.1) is 0 Å². The lowest BCUT2D eigenvalue weighted by Crippen LogP contribution is -2.01. The van der Waals surface area contributed by atoms with Gasteiger partial charge in [0.1, 0.15) is 5.75 Å². The van der Waals surface area contributed by atoms with E-state index in [-0.39, 0.29) is 11.5 Å². The number of pyridine rings is 1. The molecule has 1 N–H and O–H groups in total. The molecule has 0 bridgehead atoms. The van der Waals surface area contributed by atoms with Crippen LogP contribution in [0.3, 0.4) is 0 Å². The maximum absolute atomic E-state index is 11.5. The van der Waals surface area contributed by atoms with E-state index in [4.69, 9.17) is 11.6 Å². The third kappa shape index (κ3) is 3.52. The molecule has 0 aliphatic rings. The monoisotopic (exact) mass is 361 g/mol. The molecule has 0 amide bonds. The Kier molecular flexibility index (Phi) is 4.24. The van der Waals surface area contributed by atoms with E-state index < -0.39 is 9.84 Å². The number of aryl methyl sites for hydroxylation is 1. The predicted molar refractivity (Wildman–Crippen MR) is 97.1 cm³/mol. The third-order valence-electron chi connectivity index (χ3n) is 3.74. The van der Waals surface area contributed by atoms with Crippen LogP contribution in [0.4, 0.5) is 0 Å². The number of phenols is 1. The number of aromatic nitrogens is 1. The molecule has 0 aliphatic carbocycles. The van der Waals surface area contributed by atoms with Gasteiger partial charge in [0.2, 0.25) is 0 Å². The number of aromatic hydroxyl groups is 1. The van der Waals surface area contributed by atoms with E-state index in [1.54, 1.807) is 24.3 Å². The molecule has 0 aliphatic heterocycles. The van der Waals surface area contributed by atoms with Crippen molar-refractivity contribution in [1.82, 2.24) is 4.98 Å². The van der Waals surface area contributed by atoms with Crippen LogP contribution in [-0.4, -0.2) is 24.8 Å². The quantitative estimate of drug-likeness (QED) is 0.762. The molecule has 6 heteroatoms. The first-order valence-electron chi connectivity index (χ1n) is 7.30. The molecule has 124 valence electrons. The average molecular weight is 362 g/mol. The Morgan fingerprint density at radius 2 is 1.88 bits per heavy atom. The zero-order valence-electron chi connectivity index (χ0n) is 13.2. The van der Waals surface area contributed by atoms with Crippen molar-refractivity contribution in [1.29, 1.82) is 0 Å². The van der Waals surface area contributed by atoms with Crippen molar-refractivity contribution >= 4 is 32.3 Å². The van der Waals surface area contributed by atoms with Crippen molar-refractivity contribution in [2.24, 2.45) is 0 Å². The molecule has 1 aromatic heterocycles. The normalized spacial score (nSPS) is 11.8. The Hall–Kier alpha value is -2.11. The summed E-state index contributed by atoms with van der Waals surface area (Å²) in [7, 11) is -3.09. The number of benzene rings is 2. The van der Waals surface area contributed by atoms with Crippen LogP contribution in [0.2, 0.25) is 5.02 Å². The Morgan fingerprint density at radius 1 is 1.12 bits per heavy atom. The minimum absolute atomic E-state index is 0.000781. The Bertz CT molecular complexity index is 1050. The predicted octanol–water partition coefficient (Wildman–Crippen LogP) is 4.11. The molecule has 3 rings (SSSR count). The Labute approximate surface area is 145 Å². The van der Waals surface area contributed by atoms with Gasteiger partial charge in [0.15, 0.2) is 9.84 Å². The number of phenolic OH excluding ortho intramolecular Hbond substituents is 1. The molecule has 2 aromatic carbocycles. The second-order valence-electron chi connectivity index (χ2n) is 5.91. The molecule has 0 spiro atoms. The van der Waals surface area contributed by atoms with E-state index in [0.717, 1.165) is 22.0 Å². The summed E-state index contributed by atoms with van der Waals surface area (Å²) in [6.07, 6.45) is 1.22. The Balaban J connectivity index is 2.14. The highest BCUT2D eigenvalue weighted by molar-refractivity contribution is 7.89. The summed E-state index contributed by atoms with van der Waals surface area (Å²) in [6.45, 7) is 1.93. The highest BCUT2D eigenvalue weighted by atomic mass is 35.5. The molecule has 4 nitrogen and oxygen atoms in total. The van der Waals surface area contributed by atoms with Crippen molar-refractivity contribution in [3.05, 3.63) is 58.6 Å². The molecule has 0 saturated carbocycles. The van der Waals surface area contributed by atoms with Gasteiger partial charge < -0.3 is 5.11 Å². The van der Waals surface area contributed by atoms with E-state index in [1.165, 1.54) is 12.3 Å². The molecule has 24 heavy (non-hydrogen) atoms.